The molecule has 5 heteroatoms. The Hall–Kier alpha value is -2.04. The van der Waals surface area contributed by atoms with Gasteiger partial charge in [-0.25, -0.2) is 0 Å². The topological polar surface area (TPSA) is 67.4 Å². The Balaban J connectivity index is 2.08. The second-order valence-corrected chi connectivity index (χ2v) is 5.76. The van der Waals surface area contributed by atoms with Crippen molar-refractivity contribution >= 4 is 11.8 Å². The van der Waals surface area contributed by atoms with Gasteiger partial charge in [0.25, 0.3) is 0 Å². The Morgan fingerprint density at radius 1 is 1.09 bits per heavy atom. The predicted octanol–water partition coefficient (Wildman–Crippen LogP) is 1.76. The van der Waals surface area contributed by atoms with E-state index in [4.69, 9.17) is 4.74 Å². The van der Waals surface area contributed by atoms with Gasteiger partial charge in [0.15, 0.2) is 0 Å². The second-order valence-electron chi connectivity index (χ2n) is 5.76. The van der Waals surface area contributed by atoms with E-state index >= 15 is 0 Å². The van der Waals surface area contributed by atoms with Crippen LogP contribution in [-0.4, -0.2) is 32.0 Å². The first-order chi connectivity index (χ1) is 10.6. The summed E-state index contributed by atoms with van der Waals surface area (Å²) < 4.78 is 5.20. The number of methoxy groups -OCH3 is 1. The highest BCUT2D eigenvalue weighted by molar-refractivity contribution is 6.35. The summed E-state index contributed by atoms with van der Waals surface area (Å²) in [7, 11) is 1.65. The molecule has 1 aliphatic rings. The minimum Gasteiger partial charge on any atom is -0.497 e. The molecule has 0 bridgehead atoms. The molecule has 1 fully saturated rings. The van der Waals surface area contributed by atoms with E-state index < -0.39 is 11.8 Å². The number of hydrogen-bond donors (Lipinski definition) is 2. The van der Waals surface area contributed by atoms with Gasteiger partial charge in [-0.05, 0) is 37.5 Å². The van der Waals surface area contributed by atoms with E-state index in [1.54, 1.807) is 14.0 Å². The van der Waals surface area contributed by atoms with Crippen molar-refractivity contribution in [1.82, 2.24) is 10.6 Å². The number of hydrogen-bond acceptors (Lipinski definition) is 3. The fourth-order valence-electron chi connectivity index (χ4n) is 3.13. The van der Waals surface area contributed by atoms with E-state index in [-0.39, 0.29) is 5.41 Å². The number of carbonyl (C=O) groups is 2. The summed E-state index contributed by atoms with van der Waals surface area (Å²) in [6.07, 6.45) is 4.33. The van der Waals surface area contributed by atoms with Crippen LogP contribution in [-0.2, 0) is 15.0 Å². The van der Waals surface area contributed by atoms with Gasteiger partial charge in [0, 0.05) is 18.5 Å². The summed E-state index contributed by atoms with van der Waals surface area (Å²) in [6.45, 7) is 2.74. The van der Waals surface area contributed by atoms with Gasteiger partial charge < -0.3 is 15.4 Å². The maximum atomic E-state index is 11.8. The van der Waals surface area contributed by atoms with Crippen molar-refractivity contribution in [3.63, 3.8) is 0 Å². The largest absolute Gasteiger partial charge is 0.497 e. The summed E-state index contributed by atoms with van der Waals surface area (Å²) >= 11 is 0. The van der Waals surface area contributed by atoms with Gasteiger partial charge in [-0.15, -0.1) is 0 Å². The van der Waals surface area contributed by atoms with Crippen molar-refractivity contribution < 1.29 is 14.3 Å². The first kappa shape index (κ1) is 16.3. The molecule has 1 aliphatic carbocycles. The Morgan fingerprint density at radius 2 is 1.68 bits per heavy atom. The zero-order valence-electron chi connectivity index (χ0n) is 13.3. The third-order valence-electron chi connectivity index (χ3n) is 4.39. The molecule has 0 spiro atoms. The quantitative estimate of drug-likeness (QED) is 0.815. The van der Waals surface area contributed by atoms with E-state index in [1.165, 1.54) is 5.56 Å². The van der Waals surface area contributed by atoms with Crippen molar-refractivity contribution in [1.29, 1.82) is 0 Å². The van der Waals surface area contributed by atoms with Crippen LogP contribution in [0.1, 0.15) is 38.2 Å². The van der Waals surface area contributed by atoms with Gasteiger partial charge in [0.2, 0.25) is 0 Å². The molecule has 0 unspecified atom stereocenters. The third-order valence-corrected chi connectivity index (χ3v) is 4.39. The number of carbonyl (C=O) groups excluding carboxylic acids is 2. The Morgan fingerprint density at radius 3 is 2.23 bits per heavy atom. The van der Waals surface area contributed by atoms with Gasteiger partial charge in [-0.3, -0.25) is 9.59 Å². The highest BCUT2D eigenvalue weighted by Gasteiger charge is 2.36. The fourth-order valence-corrected chi connectivity index (χ4v) is 3.13. The monoisotopic (exact) mass is 304 g/mol. The fraction of sp³-hybridized carbons (Fsp3) is 0.529. The van der Waals surface area contributed by atoms with Crippen LogP contribution in [0.2, 0.25) is 0 Å². The molecule has 0 aromatic heterocycles. The first-order valence-corrected chi connectivity index (χ1v) is 7.82. The van der Waals surface area contributed by atoms with E-state index in [0.29, 0.717) is 13.1 Å². The first-order valence-electron chi connectivity index (χ1n) is 7.82. The molecule has 2 amide bonds. The molecule has 0 radical (unpaired) electrons. The summed E-state index contributed by atoms with van der Waals surface area (Å²) in [5.41, 5.74) is 1.12. The Bertz CT molecular complexity index is 519. The highest BCUT2D eigenvalue weighted by Crippen LogP contribution is 2.41. The standard InChI is InChI=1S/C17H24N2O3/c1-3-18-15(20)16(21)19-12-17(10-4-5-11-17)13-6-8-14(22-2)9-7-13/h6-9H,3-5,10-12H2,1-2H3,(H,18,20)(H,19,21). The van der Waals surface area contributed by atoms with Gasteiger partial charge in [0.05, 0.1) is 7.11 Å². The third kappa shape index (κ3) is 3.59. The molecule has 2 rings (SSSR count). The van der Waals surface area contributed by atoms with Crippen LogP contribution >= 0.6 is 0 Å². The average Bonchev–Trinajstić information content (AvgIpc) is 3.03. The molecule has 1 aromatic rings. The normalized spacial score (nSPS) is 16.1. The molecule has 0 saturated heterocycles. The lowest BCUT2D eigenvalue weighted by molar-refractivity contribution is -0.139. The second kappa shape index (κ2) is 7.29. The van der Waals surface area contributed by atoms with Gasteiger partial charge in [0.1, 0.15) is 5.75 Å². The lowest BCUT2D eigenvalue weighted by Gasteiger charge is -2.30. The van der Waals surface area contributed by atoms with E-state index in [0.717, 1.165) is 31.4 Å². The van der Waals surface area contributed by atoms with E-state index in [9.17, 15) is 9.59 Å². The van der Waals surface area contributed by atoms with E-state index in [1.807, 2.05) is 12.1 Å². The van der Waals surface area contributed by atoms with Crippen molar-refractivity contribution in [2.24, 2.45) is 0 Å². The number of amides is 2. The summed E-state index contributed by atoms with van der Waals surface area (Å²) in [5, 5.41) is 5.32. The molecule has 1 saturated carbocycles. The van der Waals surface area contributed by atoms with Crippen LogP contribution < -0.4 is 15.4 Å². The van der Waals surface area contributed by atoms with Gasteiger partial charge in [-0.2, -0.15) is 0 Å². The van der Waals surface area contributed by atoms with Gasteiger partial charge in [-0.1, -0.05) is 25.0 Å². The zero-order valence-corrected chi connectivity index (χ0v) is 13.3. The molecule has 120 valence electrons. The number of rotatable bonds is 5. The van der Waals surface area contributed by atoms with Crippen molar-refractivity contribution in [2.45, 2.75) is 38.0 Å². The molecule has 0 atom stereocenters. The lowest BCUT2D eigenvalue weighted by atomic mass is 9.78. The van der Waals surface area contributed by atoms with Crippen LogP contribution in [0.4, 0.5) is 0 Å². The summed E-state index contributed by atoms with van der Waals surface area (Å²) in [6, 6.07) is 8.01. The van der Waals surface area contributed by atoms with Crippen molar-refractivity contribution in [3.8, 4) is 5.75 Å². The summed E-state index contributed by atoms with van der Waals surface area (Å²) in [5.74, 6) is -0.296. The Labute approximate surface area is 131 Å². The maximum Gasteiger partial charge on any atom is 0.309 e. The predicted molar refractivity (Wildman–Crippen MR) is 84.8 cm³/mol. The minimum absolute atomic E-state index is 0.0750. The highest BCUT2D eigenvalue weighted by atomic mass is 16.5. The molecule has 22 heavy (non-hydrogen) atoms. The summed E-state index contributed by atoms with van der Waals surface area (Å²) in [4.78, 5) is 23.4. The molecular formula is C17H24N2O3. The number of ether oxygens (including phenoxy) is 1. The molecule has 2 N–H and O–H groups in total. The van der Waals surface area contributed by atoms with Crippen LogP contribution in [0.3, 0.4) is 0 Å². The van der Waals surface area contributed by atoms with Crippen LogP contribution in [0.15, 0.2) is 24.3 Å². The average molecular weight is 304 g/mol. The number of benzene rings is 1. The van der Waals surface area contributed by atoms with Crippen LogP contribution in [0, 0.1) is 0 Å². The smallest absolute Gasteiger partial charge is 0.309 e. The molecule has 0 heterocycles. The minimum atomic E-state index is -0.564. The number of likely N-dealkylation sites (N-methyl/N-ethyl adjacent to an activating group) is 1. The molecule has 0 aliphatic heterocycles. The van der Waals surface area contributed by atoms with Gasteiger partial charge >= 0.3 is 11.8 Å². The van der Waals surface area contributed by atoms with Crippen molar-refractivity contribution in [2.75, 3.05) is 20.2 Å². The van der Waals surface area contributed by atoms with Crippen molar-refractivity contribution in [3.05, 3.63) is 29.8 Å². The molecular weight excluding hydrogens is 280 g/mol. The molecule has 1 aromatic carbocycles. The maximum absolute atomic E-state index is 11.8. The molecule has 5 nitrogen and oxygen atoms in total. The zero-order chi connectivity index (χ0) is 16.0. The van der Waals surface area contributed by atoms with E-state index in [2.05, 4.69) is 22.8 Å². The van der Waals surface area contributed by atoms with Crippen LogP contribution in [0.25, 0.3) is 0 Å². The lowest BCUT2D eigenvalue weighted by Crippen LogP contribution is -2.45. The van der Waals surface area contributed by atoms with Crippen LogP contribution in [0.5, 0.6) is 5.75 Å². The number of nitrogens with one attached hydrogen (secondary N) is 2. The SMILES string of the molecule is CCNC(=O)C(=O)NCC1(c2ccc(OC)cc2)CCCC1. The Kier molecular flexibility index (Phi) is 5.41.